The van der Waals surface area contributed by atoms with Crippen LogP contribution in [0.15, 0.2) is 139 Å². The van der Waals surface area contributed by atoms with Gasteiger partial charge in [0, 0.05) is 95.7 Å². The van der Waals surface area contributed by atoms with Crippen molar-refractivity contribution < 1.29 is 175 Å². The Bertz CT molecular complexity index is 3880. The maximum atomic E-state index is 12.9. The van der Waals surface area contributed by atoms with Crippen LogP contribution in [0.1, 0.15) is 158 Å². The van der Waals surface area contributed by atoms with Crippen LogP contribution >= 0.6 is 102 Å². The van der Waals surface area contributed by atoms with Gasteiger partial charge in [0.05, 0.1) is 54.4 Å². The molecule has 0 heterocycles. The average molecular weight is 2280 g/mol. The summed E-state index contributed by atoms with van der Waals surface area (Å²) in [7, 11) is 60.9. The van der Waals surface area contributed by atoms with Crippen molar-refractivity contribution in [2.24, 2.45) is 41.8 Å². The van der Waals surface area contributed by atoms with Crippen LogP contribution in [0.3, 0.4) is 0 Å². The third-order valence-electron chi connectivity index (χ3n) is 18.7. The molecule has 0 bridgehead atoms. The Balaban J connectivity index is 0.000000655. The summed E-state index contributed by atoms with van der Waals surface area (Å²) in [5, 5.41) is 78.0. The number of hydrogen-bond donors (Lipinski definition) is 6. The monoisotopic (exact) mass is 2270 g/mol. The molecule has 6 aliphatic rings. The van der Waals surface area contributed by atoms with Gasteiger partial charge in [0.1, 0.15) is 46.7 Å². The number of aromatic hydroxyl groups is 6. The average Bonchev–Trinajstić information content (AvgIpc) is 0.833. The molecule has 12 atom stereocenters. The molecule has 6 N–H and O–H groups in total. The van der Waals surface area contributed by atoms with Crippen LogP contribution in [0.4, 0.5) is 4.39 Å². The predicted molar refractivity (Wildman–Crippen MR) is 451 cm³/mol. The van der Waals surface area contributed by atoms with E-state index in [0.29, 0.717) is 53.2 Å². The van der Waals surface area contributed by atoms with Crippen LogP contribution in [-0.2, 0) is 135 Å². The fourth-order valence-electron chi connectivity index (χ4n) is 10.9. The van der Waals surface area contributed by atoms with Gasteiger partial charge in [0.25, 0.3) is 0 Å². The maximum absolute atomic E-state index is 12.9. The molecule has 6 fully saturated rings. The molecule has 6 aliphatic carbocycles. The zero-order valence-electron chi connectivity index (χ0n) is 64.3. The van der Waals surface area contributed by atoms with E-state index >= 15 is 0 Å². The summed E-state index contributed by atoms with van der Waals surface area (Å²) in [6.45, 7) is 16.1. The number of para-hydroxylation sites is 6. The van der Waals surface area contributed by atoms with Crippen LogP contribution in [0.2, 0.25) is 0 Å². The minimum atomic E-state index is -0.826. The van der Waals surface area contributed by atoms with Crippen LogP contribution in [0.5, 0.6) is 34.5 Å². The van der Waals surface area contributed by atoms with E-state index in [9.17, 15) is 45.1 Å². The van der Waals surface area contributed by atoms with E-state index in [0.717, 1.165) is 114 Å². The zero-order chi connectivity index (χ0) is 85.7. The zero-order valence-corrected chi connectivity index (χ0v) is 88.1. The van der Waals surface area contributed by atoms with E-state index in [4.69, 9.17) is 117 Å². The van der Waals surface area contributed by atoms with Gasteiger partial charge < -0.3 is 40.1 Å². The van der Waals surface area contributed by atoms with Gasteiger partial charge in [-0.15, -0.1) is 0 Å². The minimum absolute atomic E-state index is 0.0585. The van der Waals surface area contributed by atoms with E-state index < -0.39 is 137 Å². The number of nitriles is 1. The number of methoxy groups -OCH3 is 1. The Hall–Kier alpha value is -0.341. The standard InChI is InChI=1S/C14H19NO2.C13H14N2O.C13H17NO2.C13H17NO.C12H14FNO.C12H14N2O3.12ClH.6Zr/c1-3-17-13-8-7-12(13)15-9-11-6-4-5-10(2)14(11)16;1-9-3-2-4-11(13(9)16)8-15-12-6-5-10(12)7-14;1-9-4-3-5-10(13(9)15)8-14-11-6-7-12(11)16-2;1-9-6-7-12(9)14-8-11-5-3-4-10(2)13(11)15;1-8-3-2-4-9(12(8)15)7-14-11-6-5-10(11)13;1-8-3-2-4-9(12(8)15)7-13-10-5-6-11(10)14(16)17;;;;;;;;;;;;;;;;;;/h4-6,9,12-13,16H,3,7-8H2,1-2H3;2-4,8,10,12,16H,5-6H2,1H3;3-5,8,11-12,15H,6-7H2,1-2H3;3-5,8-9,12,15H,6-7H2,1-2H3;2-4,7,10-11,15H,5-6H2,1H3;2-4,7,10-11,15H,5-6H2,1H3;12*1H;;;;;;/q;;;;;;;;;;;;;;;;;;6*+2/p-12. The number of alkyl halides is 1. The van der Waals surface area contributed by atoms with Crippen LogP contribution in [0, 0.1) is 74.8 Å². The number of rotatable bonds is 16. The third kappa shape index (κ3) is 42.8. The van der Waals surface area contributed by atoms with Gasteiger partial charge in [-0.3, -0.25) is 40.1 Å². The number of benzene rings is 6. The molecule has 6 aromatic carbocycles. The summed E-state index contributed by atoms with van der Waals surface area (Å²) < 4.78 is 23.7. The summed E-state index contributed by atoms with van der Waals surface area (Å²) in [4.78, 5) is 36.4. The fourth-order valence-corrected chi connectivity index (χ4v) is 10.9. The quantitative estimate of drug-likeness (QED) is 0.0301. The fraction of sp³-hybridized carbons (Fsp3) is 0.442. The summed E-state index contributed by atoms with van der Waals surface area (Å²) in [5.41, 5.74) is 9.47. The molecule has 12 rings (SSSR count). The first-order chi connectivity index (χ1) is 54.6. The van der Waals surface area contributed by atoms with Gasteiger partial charge in [-0.1, -0.05) is 79.7 Å². The Morgan fingerprint density at radius 2 is 0.684 bits per heavy atom. The molecule has 0 aliphatic heterocycles. The molecular formula is C77H95Cl12FN8O10Zr6. The number of hydrogen-bond acceptors (Lipinski definition) is 17. The number of aryl methyl sites for hydroxylation is 6. The number of phenols is 6. The van der Waals surface area contributed by atoms with E-state index in [2.05, 4.69) is 42.9 Å². The predicted octanol–water partition coefficient (Wildman–Crippen LogP) is 23.1. The van der Waals surface area contributed by atoms with Gasteiger partial charge >= 0.3 is 227 Å². The number of halogens is 13. The number of phenolic OH excluding ortho intramolecular Hbond substituents is 6. The van der Waals surface area contributed by atoms with Gasteiger partial charge in [-0.25, -0.2) is 4.39 Å². The molecule has 6 saturated carbocycles. The van der Waals surface area contributed by atoms with Crippen molar-refractivity contribution in [3.05, 3.63) is 186 Å². The van der Waals surface area contributed by atoms with E-state index in [1.165, 1.54) is 19.1 Å². The Kier molecular flexibility index (Phi) is 65.7. The Morgan fingerprint density at radius 1 is 0.421 bits per heavy atom. The SMILES string of the molecule is CCOC1CCC1N=Cc1cccc(C)c1O.COC1CCC1N=Cc1cccc(C)c1O.Cc1cccc(C=NC2CCC2C#N)c1O.Cc1cccc(C=NC2CCC2C)c1O.Cc1cccc(C=NC2CCC2F)c1O.Cc1cccc(C=NC2CCC2[N+](=O)[O-])c1O.[Cl][Zr][Cl].[Cl][Zr][Cl].[Cl][Zr][Cl].[Cl][Zr][Cl].[Cl][Zr][Cl].[Cl][Zr][Cl]. The normalized spacial score (nSPS) is 21.3. The molecule has 12 unspecified atom stereocenters. The Morgan fingerprint density at radius 3 is 0.886 bits per heavy atom. The van der Waals surface area contributed by atoms with Crippen molar-refractivity contribution in [3.63, 3.8) is 0 Å². The first-order valence-corrected chi connectivity index (χ1v) is 73.6. The molecule has 618 valence electrons. The second-order valence-corrected chi connectivity index (χ2v) is 48.3. The second kappa shape index (κ2) is 67.1. The molecule has 0 aromatic heterocycles. The first-order valence-electron chi connectivity index (χ1n) is 35.6. The van der Waals surface area contributed by atoms with Crippen molar-refractivity contribution in [2.45, 2.75) is 193 Å². The van der Waals surface area contributed by atoms with Gasteiger partial charge in [-0.05, 0) is 195 Å². The van der Waals surface area contributed by atoms with E-state index in [1.54, 1.807) is 57.1 Å². The number of aliphatic imine (C=N–C) groups is 6. The summed E-state index contributed by atoms with van der Waals surface area (Å²) in [6, 6.07) is 35.8. The van der Waals surface area contributed by atoms with Crippen molar-refractivity contribution in [2.75, 3.05) is 13.7 Å². The molecule has 37 heteroatoms. The molecule has 6 aromatic rings. The second-order valence-electron chi connectivity index (χ2n) is 25.9. The summed E-state index contributed by atoms with van der Waals surface area (Å²) in [5.74, 6) is 2.45. The van der Waals surface area contributed by atoms with Gasteiger partial charge in [0.2, 0.25) is 6.04 Å². The first kappa shape index (κ1) is 112. The van der Waals surface area contributed by atoms with Crippen molar-refractivity contribution in [1.82, 2.24) is 0 Å². The summed E-state index contributed by atoms with van der Waals surface area (Å²) >= 11 is -4.95. The number of nitro groups is 1. The topological polar surface area (TPSA) is 281 Å². The van der Waals surface area contributed by atoms with Crippen LogP contribution in [-0.4, -0.2) is 147 Å². The van der Waals surface area contributed by atoms with Crippen molar-refractivity contribution in [3.8, 4) is 40.6 Å². The summed E-state index contributed by atoms with van der Waals surface area (Å²) in [6.07, 6.45) is 21.3. The van der Waals surface area contributed by atoms with E-state index in [-0.39, 0.29) is 70.5 Å². The van der Waals surface area contributed by atoms with Gasteiger partial charge in [-0.2, -0.15) is 5.26 Å². The van der Waals surface area contributed by atoms with E-state index in [1.807, 2.05) is 139 Å². The van der Waals surface area contributed by atoms with Gasteiger partial charge in [0.15, 0.2) is 0 Å². The number of nitrogens with zero attached hydrogens (tertiary/aromatic N) is 8. The molecule has 0 saturated heterocycles. The van der Waals surface area contributed by atoms with Crippen molar-refractivity contribution >= 4 is 139 Å². The third-order valence-corrected chi connectivity index (χ3v) is 18.7. The van der Waals surface area contributed by atoms with Crippen LogP contribution < -0.4 is 0 Å². The Labute approximate surface area is 783 Å². The molecule has 0 spiro atoms. The molecule has 0 radical (unpaired) electrons. The molecular weight excluding hydrogens is 2190 g/mol. The molecule has 0 amide bonds. The van der Waals surface area contributed by atoms with Crippen LogP contribution in [0.25, 0.3) is 0 Å². The molecule has 18 nitrogen and oxygen atoms in total. The number of ether oxygens (including phenoxy) is 2. The molecule has 114 heavy (non-hydrogen) atoms. The van der Waals surface area contributed by atoms with Crippen molar-refractivity contribution in [1.29, 1.82) is 5.26 Å².